The van der Waals surface area contributed by atoms with Crippen LogP contribution in [0.2, 0.25) is 0 Å². The van der Waals surface area contributed by atoms with Crippen molar-refractivity contribution in [1.82, 2.24) is 15.2 Å². The molecule has 0 aliphatic rings. The van der Waals surface area contributed by atoms with Crippen LogP contribution in [0, 0.1) is 13.8 Å². The number of nitrogens with one attached hydrogen (secondary N) is 1. The van der Waals surface area contributed by atoms with E-state index in [1.165, 1.54) is 11.3 Å². The molecule has 0 spiro atoms. The molecule has 94 valence electrons. The van der Waals surface area contributed by atoms with Crippen molar-refractivity contribution in [2.45, 2.75) is 13.8 Å². The average molecular weight is 392 g/mol. The molecule has 2 heterocycles. The van der Waals surface area contributed by atoms with Gasteiger partial charge < -0.3 is 0 Å². The van der Waals surface area contributed by atoms with Crippen molar-refractivity contribution in [3.8, 4) is 0 Å². The number of aryl methyl sites for hydroxylation is 2. The van der Waals surface area contributed by atoms with Gasteiger partial charge in [-0.15, -0.1) is 16.4 Å². The Morgan fingerprint density at radius 2 is 2.00 bits per heavy atom. The molecule has 0 saturated carbocycles. The summed E-state index contributed by atoms with van der Waals surface area (Å²) in [7, 11) is 0. The van der Waals surface area contributed by atoms with Gasteiger partial charge in [-0.05, 0) is 51.8 Å². The van der Waals surface area contributed by atoms with E-state index in [1.54, 1.807) is 6.07 Å². The summed E-state index contributed by atoms with van der Waals surface area (Å²) in [5, 5.41) is 10.3. The number of carbonyl (C=O) groups is 1. The molecule has 5 nitrogen and oxygen atoms in total. The lowest BCUT2D eigenvalue weighted by Crippen LogP contribution is -2.15. The zero-order valence-corrected chi connectivity index (χ0v) is 13.5. The van der Waals surface area contributed by atoms with E-state index >= 15 is 0 Å². The zero-order chi connectivity index (χ0) is 13.3. The van der Waals surface area contributed by atoms with Crippen LogP contribution >= 0.6 is 43.2 Å². The van der Waals surface area contributed by atoms with Crippen LogP contribution < -0.4 is 5.32 Å². The smallest absolute Gasteiger partial charge is 0.260 e. The van der Waals surface area contributed by atoms with Crippen LogP contribution in [0.5, 0.6) is 0 Å². The van der Waals surface area contributed by atoms with Crippen molar-refractivity contribution in [2.24, 2.45) is 0 Å². The van der Waals surface area contributed by atoms with Gasteiger partial charge in [0.25, 0.3) is 5.91 Å². The molecule has 8 heteroatoms. The Labute approximate surface area is 124 Å². The van der Waals surface area contributed by atoms with Crippen LogP contribution in [0.1, 0.15) is 21.7 Å². The normalized spacial score (nSPS) is 10.4. The van der Waals surface area contributed by atoms with Crippen molar-refractivity contribution in [3.63, 3.8) is 0 Å². The highest BCUT2D eigenvalue weighted by molar-refractivity contribution is 9.12. The van der Waals surface area contributed by atoms with Crippen molar-refractivity contribution in [3.05, 3.63) is 30.6 Å². The molecule has 0 unspecified atom stereocenters. The summed E-state index contributed by atoms with van der Waals surface area (Å²) in [6.45, 7) is 3.63. The molecule has 0 saturated heterocycles. The standard InChI is InChI=1S/C10H8Br2N4OS/c1-4-5(2)15-16-10(13-4)14-9(17)6-3-7(11)18-8(6)12/h3H,1-2H3,(H,13,14,16,17). The SMILES string of the molecule is Cc1nnc(NC(=O)c2cc(Br)sc2Br)nc1C. The minimum Gasteiger partial charge on any atom is -0.289 e. The van der Waals surface area contributed by atoms with E-state index in [0.717, 1.165) is 19.0 Å². The van der Waals surface area contributed by atoms with Gasteiger partial charge in [-0.1, -0.05) is 0 Å². The number of aromatic nitrogens is 3. The summed E-state index contributed by atoms with van der Waals surface area (Å²) < 4.78 is 1.63. The number of hydrogen-bond donors (Lipinski definition) is 1. The first kappa shape index (κ1) is 13.6. The van der Waals surface area contributed by atoms with E-state index in [2.05, 4.69) is 52.4 Å². The second-order valence-electron chi connectivity index (χ2n) is 3.50. The lowest BCUT2D eigenvalue weighted by molar-refractivity contribution is 0.102. The van der Waals surface area contributed by atoms with E-state index in [-0.39, 0.29) is 11.9 Å². The molecule has 0 aliphatic heterocycles. The lowest BCUT2D eigenvalue weighted by Gasteiger charge is -2.03. The maximum Gasteiger partial charge on any atom is 0.260 e. The van der Waals surface area contributed by atoms with Crippen LogP contribution in [0.15, 0.2) is 13.6 Å². The molecule has 0 atom stereocenters. The Morgan fingerprint density at radius 3 is 2.56 bits per heavy atom. The van der Waals surface area contributed by atoms with Crippen LogP contribution in [0.25, 0.3) is 0 Å². The number of hydrogen-bond acceptors (Lipinski definition) is 5. The van der Waals surface area contributed by atoms with Crippen molar-refractivity contribution in [2.75, 3.05) is 5.32 Å². The number of thiophene rings is 1. The third-order valence-corrected chi connectivity index (χ3v) is 4.56. The fourth-order valence-corrected chi connectivity index (χ4v) is 3.97. The molecule has 1 N–H and O–H groups in total. The maximum absolute atomic E-state index is 12.0. The summed E-state index contributed by atoms with van der Waals surface area (Å²) in [6.07, 6.45) is 0. The molecular formula is C10H8Br2N4OS. The van der Waals surface area contributed by atoms with E-state index in [4.69, 9.17) is 0 Å². The predicted molar refractivity (Wildman–Crippen MR) is 77.0 cm³/mol. The molecule has 2 aromatic rings. The number of rotatable bonds is 2. The van der Waals surface area contributed by atoms with Crippen LogP contribution in [0.4, 0.5) is 5.95 Å². The summed E-state index contributed by atoms with van der Waals surface area (Å²) in [4.78, 5) is 16.1. The van der Waals surface area contributed by atoms with E-state index in [1.807, 2.05) is 13.8 Å². The monoisotopic (exact) mass is 390 g/mol. The Bertz CT molecular complexity index is 614. The summed E-state index contributed by atoms with van der Waals surface area (Å²) in [5.74, 6) is -0.0637. The van der Waals surface area contributed by atoms with Gasteiger partial charge >= 0.3 is 0 Å². The average Bonchev–Trinajstić information content (AvgIpc) is 2.63. The van der Waals surface area contributed by atoms with Crippen molar-refractivity contribution in [1.29, 1.82) is 0 Å². The second-order valence-corrected chi connectivity index (χ2v) is 7.25. The van der Waals surface area contributed by atoms with Crippen LogP contribution in [-0.2, 0) is 0 Å². The second kappa shape index (κ2) is 5.41. The Hall–Kier alpha value is -0.860. The molecule has 18 heavy (non-hydrogen) atoms. The predicted octanol–water partition coefficient (Wildman–Crippen LogP) is 3.33. The maximum atomic E-state index is 12.0. The van der Waals surface area contributed by atoms with Gasteiger partial charge in [-0.3, -0.25) is 10.1 Å². The van der Waals surface area contributed by atoms with Gasteiger partial charge in [-0.2, -0.15) is 5.10 Å². The number of halogens is 2. The molecule has 0 bridgehead atoms. The Kier molecular flexibility index (Phi) is 4.08. The van der Waals surface area contributed by atoms with Gasteiger partial charge in [0.1, 0.15) is 0 Å². The first-order valence-corrected chi connectivity index (χ1v) is 7.31. The van der Waals surface area contributed by atoms with Gasteiger partial charge in [0.05, 0.1) is 24.5 Å². The summed E-state index contributed by atoms with van der Waals surface area (Å²) in [5.41, 5.74) is 2.02. The first-order chi connectivity index (χ1) is 8.47. The molecular weight excluding hydrogens is 384 g/mol. The van der Waals surface area contributed by atoms with Gasteiger partial charge in [0, 0.05) is 0 Å². The number of anilines is 1. The van der Waals surface area contributed by atoms with Gasteiger partial charge in [0.2, 0.25) is 5.95 Å². The molecule has 2 aromatic heterocycles. The highest BCUT2D eigenvalue weighted by atomic mass is 79.9. The van der Waals surface area contributed by atoms with E-state index < -0.39 is 0 Å². The van der Waals surface area contributed by atoms with Gasteiger partial charge in [-0.25, -0.2) is 4.98 Å². The summed E-state index contributed by atoms with van der Waals surface area (Å²) >= 11 is 8.08. The fourth-order valence-electron chi connectivity index (χ4n) is 1.17. The molecule has 1 amide bonds. The van der Waals surface area contributed by atoms with E-state index in [9.17, 15) is 4.79 Å². The Morgan fingerprint density at radius 1 is 1.28 bits per heavy atom. The molecule has 0 aliphatic carbocycles. The highest BCUT2D eigenvalue weighted by Crippen LogP contribution is 2.32. The third-order valence-electron chi connectivity index (χ3n) is 2.22. The largest absolute Gasteiger partial charge is 0.289 e. The Balaban J connectivity index is 2.21. The quantitative estimate of drug-likeness (QED) is 0.852. The molecule has 0 radical (unpaired) electrons. The first-order valence-electron chi connectivity index (χ1n) is 4.91. The fraction of sp³-hybridized carbons (Fsp3) is 0.200. The summed E-state index contributed by atoms with van der Waals surface area (Å²) in [6, 6.07) is 1.73. The minimum absolute atomic E-state index is 0.206. The molecule has 0 fully saturated rings. The zero-order valence-electron chi connectivity index (χ0n) is 9.49. The van der Waals surface area contributed by atoms with Crippen LogP contribution in [-0.4, -0.2) is 21.1 Å². The third kappa shape index (κ3) is 2.93. The van der Waals surface area contributed by atoms with Crippen molar-refractivity contribution >= 4 is 55.1 Å². The number of nitrogens with zero attached hydrogens (tertiary/aromatic N) is 3. The minimum atomic E-state index is -0.270. The number of amides is 1. The lowest BCUT2D eigenvalue weighted by atomic mass is 10.3. The van der Waals surface area contributed by atoms with Gasteiger partial charge in [0.15, 0.2) is 0 Å². The topological polar surface area (TPSA) is 67.8 Å². The number of carbonyl (C=O) groups excluding carboxylic acids is 1. The molecule has 2 rings (SSSR count). The highest BCUT2D eigenvalue weighted by Gasteiger charge is 2.15. The van der Waals surface area contributed by atoms with E-state index in [0.29, 0.717) is 5.56 Å². The van der Waals surface area contributed by atoms with Crippen LogP contribution in [0.3, 0.4) is 0 Å². The molecule has 0 aromatic carbocycles. The van der Waals surface area contributed by atoms with Crippen molar-refractivity contribution < 1.29 is 4.79 Å².